The largest absolute Gasteiger partial charge is 0.497 e. The van der Waals surface area contributed by atoms with Gasteiger partial charge < -0.3 is 10.1 Å². The monoisotopic (exact) mass is 450 g/mol. The van der Waals surface area contributed by atoms with Crippen LogP contribution in [-0.2, 0) is 29.4 Å². The first-order chi connectivity index (χ1) is 15.5. The van der Waals surface area contributed by atoms with Crippen molar-refractivity contribution in [3.05, 3.63) is 95.1 Å². The summed E-state index contributed by atoms with van der Waals surface area (Å²) in [5, 5.41) is 2.88. The number of amides is 1. The Morgan fingerprint density at radius 2 is 1.66 bits per heavy atom. The molecule has 7 heteroatoms. The van der Waals surface area contributed by atoms with E-state index >= 15 is 0 Å². The zero-order valence-electron chi connectivity index (χ0n) is 18.0. The average molecular weight is 451 g/mol. The number of sulfonamides is 1. The van der Waals surface area contributed by atoms with Crippen molar-refractivity contribution in [1.29, 1.82) is 0 Å². The third-order valence-electron chi connectivity index (χ3n) is 5.71. The Bertz CT molecular complexity index is 1190. The summed E-state index contributed by atoms with van der Waals surface area (Å²) in [6.07, 6.45) is 1.39. The number of benzene rings is 3. The molecule has 0 saturated carbocycles. The molecular formula is C25H26N2O4S. The predicted molar refractivity (Wildman–Crippen MR) is 123 cm³/mol. The Morgan fingerprint density at radius 1 is 0.969 bits per heavy atom. The van der Waals surface area contributed by atoms with Gasteiger partial charge in [0.2, 0.25) is 10.0 Å². The number of hydrogen-bond acceptors (Lipinski definition) is 4. The molecule has 3 aromatic rings. The lowest BCUT2D eigenvalue weighted by Gasteiger charge is -2.28. The summed E-state index contributed by atoms with van der Waals surface area (Å²) >= 11 is 0. The summed E-state index contributed by atoms with van der Waals surface area (Å²) < 4.78 is 32.8. The molecule has 0 saturated heterocycles. The van der Waals surface area contributed by atoms with Gasteiger partial charge >= 0.3 is 0 Å². The quantitative estimate of drug-likeness (QED) is 0.599. The summed E-state index contributed by atoms with van der Waals surface area (Å²) in [6, 6.07) is 21.8. The topological polar surface area (TPSA) is 75.7 Å². The van der Waals surface area contributed by atoms with Crippen LogP contribution in [0.4, 0.5) is 0 Å². The molecule has 32 heavy (non-hydrogen) atoms. The van der Waals surface area contributed by atoms with Crippen molar-refractivity contribution in [2.75, 3.05) is 20.2 Å². The van der Waals surface area contributed by atoms with Crippen LogP contribution in [0.1, 0.15) is 27.0 Å². The molecule has 1 aliphatic rings. The van der Waals surface area contributed by atoms with E-state index in [0.29, 0.717) is 38.0 Å². The SMILES string of the molecule is COc1ccc(CCNC(=O)c2ccc(S(=O)(=O)N3CCc4ccccc4C3)cc2)cc1. The van der Waals surface area contributed by atoms with Gasteiger partial charge in [0.05, 0.1) is 12.0 Å². The highest BCUT2D eigenvalue weighted by Gasteiger charge is 2.28. The van der Waals surface area contributed by atoms with Gasteiger partial charge in [-0.05, 0) is 65.9 Å². The predicted octanol–water partition coefficient (Wildman–Crippen LogP) is 3.41. The fourth-order valence-corrected chi connectivity index (χ4v) is 5.24. The van der Waals surface area contributed by atoms with E-state index in [0.717, 1.165) is 16.9 Å². The molecule has 166 valence electrons. The zero-order chi connectivity index (χ0) is 22.6. The van der Waals surface area contributed by atoms with Gasteiger partial charge in [-0.3, -0.25) is 4.79 Å². The molecule has 3 aromatic carbocycles. The van der Waals surface area contributed by atoms with Gasteiger partial charge in [-0.2, -0.15) is 4.31 Å². The Kier molecular flexibility index (Phi) is 6.58. The summed E-state index contributed by atoms with van der Waals surface area (Å²) in [5.41, 5.74) is 3.76. The Hall–Kier alpha value is -3.16. The minimum absolute atomic E-state index is 0.201. The molecule has 1 amide bonds. The Morgan fingerprint density at radius 3 is 2.34 bits per heavy atom. The maximum Gasteiger partial charge on any atom is 0.251 e. The van der Waals surface area contributed by atoms with Gasteiger partial charge in [-0.1, -0.05) is 36.4 Å². The van der Waals surface area contributed by atoms with E-state index in [2.05, 4.69) is 5.32 Å². The fraction of sp³-hybridized carbons (Fsp3) is 0.240. The van der Waals surface area contributed by atoms with Crippen LogP contribution in [0.25, 0.3) is 0 Å². The molecule has 1 aliphatic heterocycles. The standard InChI is InChI=1S/C25H26N2O4S/c1-31-23-10-6-19(7-11-23)14-16-26-25(28)21-8-12-24(13-9-21)32(29,30)27-17-15-20-4-2-3-5-22(20)18-27/h2-13H,14-18H2,1H3,(H,26,28). The number of nitrogens with zero attached hydrogens (tertiary/aromatic N) is 1. The van der Waals surface area contributed by atoms with Crippen LogP contribution in [0.2, 0.25) is 0 Å². The van der Waals surface area contributed by atoms with Gasteiger partial charge in [-0.15, -0.1) is 0 Å². The second-order valence-electron chi connectivity index (χ2n) is 7.74. The van der Waals surface area contributed by atoms with Gasteiger partial charge in [0.15, 0.2) is 0 Å². The first kappa shape index (κ1) is 22.0. The third kappa shape index (κ3) is 4.84. The van der Waals surface area contributed by atoms with Crippen LogP contribution in [0.3, 0.4) is 0 Å². The summed E-state index contributed by atoms with van der Waals surface area (Å²) in [6.45, 7) is 1.30. The first-order valence-electron chi connectivity index (χ1n) is 10.6. The van der Waals surface area contributed by atoms with Crippen LogP contribution in [0, 0.1) is 0 Å². The molecule has 0 bridgehead atoms. The van der Waals surface area contributed by atoms with E-state index in [4.69, 9.17) is 4.74 Å². The normalized spacial score (nSPS) is 13.9. The molecule has 0 aliphatic carbocycles. The van der Waals surface area contributed by atoms with Crippen molar-refractivity contribution in [3.8, 4) is 5.75 Å². The number of ether oxygens (including phenoxy) is 1. The number of rotatable bonds is 7. The number of hydrogen-bond donors (Lipinski definition) is 1. The molecule has 1 N–H and O–H groups in total. The zero-order valence-corrected chi connectivity index (χ0v) is 18.8. The molecule has 0 radical (unpaired) electrons. The van der Waals surface area contributed by atoms with Crippen LogP contribution in [0.15, 0.2) is 77.7 Å². The lowest BCUT2D eigenvalue weighted by Crippen LogP contribution is -2.36. The van der Waals surface area contributed by atoms with E-state index in [9.17, 15) is 13.2 Å². The molecule has 0 spiro atoms. The molecule has 1 heterocycles. The number of fused-ring (bicyclic) bond motifs is 1. The van der Waals surface area contributed by atoms with Crippen LogP contribution >= 0.6 is 0 Å². The minimum atomic E-state index is -3.61. The van der Waals surface area contributed by atoms with Crippen LogP contribution in [0.5, 0.6) is 5.75 Å². The van der Waals surface area contributed by atoms with E-state index in [-0.39, 0.29) is 10.8 Å². The Balaban J connectivity index is 1.36. The molecule has 0 aromatic heterocycles. The van der Waals surface area contributed by atoms with Crippen LogP contribution in [-0.4, -0.2) is 38.8 Å². The second-order valence-corrected chi connectivity index (χ2v) is 9.67. The van der Waals surface area contributed by atoms with Crippen molar-refractivity contribution in [3.63, 3.8) is 0 Å². The van der Waals surface area contributed by atoms with Gasteiger partial charge in [0.1, 0.15) is 5.75 Å². The van der Waals surface area contributed by atoms with Crippen molar-refractivity contribution >= 4 is 15.9 Å². The highest BCUT2D eigenvalue weighted by atomic mass is 32.2. The maximum atomic E-state index is 13.1. The second kappa shape index (κ2) is 9.54. The van der Waals surface area contributed by atoms with Crippen molar-refractivity contribution in [1.82, 2.24) is 9.62 Å². The van der Waals surface area contributed by atoms with E-state index in [1.807, 2.05) is 48.5 Å². The smallest absolute Gasteiger partial charge is 0.251 e. The van der Waals surface area contributed by atoms with E-state index in [1.54, 1.807) is 19.2 Å². The lowest BCUT2D eigenvalue weighted by molar-refractivity contribution is 0.0954. The maximum absolute atomic E-state index is 13.1. The average Bonchev–Trinajstić information content (AvgIpc) is 2.84. The van der Waals surface area contributed by atoms with Crippen LogP contribution < -0.4 is 10.1 Å². The number of carbonyl (C=O) groups is 1. The first-order valence-corrected chi connectivity index (χ1v) is 12.0. The molecule has 0 fully saturated rings. The fourth-order valence-electron chi connectivity index (χ4n) is 3.82. The summed E-state index contributed by atoms with van der Waals surface area (Å²) in [5.74, 6) is 0.566. The summed E-state index contributed by atoms with van der Waals surface area (Å²) in [7, 11) is -1.99. The van der Waals surface area contributed by atoms with Crippen molar-refractivity contribution < 1.29 is 17.9 Å². The number of carbonyl (C=O) groups excluding carboxylic acids is 1. The van der Waals surface area contributed by atoms with Gasteiger partial charge in [0.25, 0.3) is 5.91 Å². The molecular weight excluding hydrogens is 424 g/mol. The highest BCUT2D eigenvalue weighted by Crippen LogP contribution is 2.25. The third-order valence-corrected chi connectivity index (χ3v) is 7.57. The van der Waals surface area contributed by atoms with Crippen molar-refractivity contribution in [2.45, 2.75) is 24.3 Å². The number of methoxy groups -OCH3 is 1. The minimum Gasteiger partial charge on any atom is -0.497 e. The molecule has 0 atom stereocenters. The number of nitrogens with one attached hydrogen (secondary N) is 1. The van der Waals surface area contributed by atoms with Gasteiger partial charge in [-0.25, -0.2) is 8.42 Å². The van der Waals surface area contributed by atoms with Crippen molar-refractivity contribution in [2.24, 2.45) is 0 Å². The molecule has 6 nitrogen and oxygen atoms in total. The lowest BCUT2D eigenvalue weighted by atomic mass is 10.0. The Labute approximate surface area is 188 Å². The molecule has 4 rings (SSSR count). The summed E-state index contributed by atoms with van der Waals surface area (Å²) in [4.78, 5) is 12.6. The van der Waals surface area contributed by atoms with E-state index in [1.165, 1.54) is 22.0 Å². The molecule has 0 unspecified atom stereocenters. The van der Waals surface area contributed by atoms with E-state index < -0.39 is 10.0 Å². The highest BCUT2D eigenvalue weighted by molar-refractivity contribution is 7.89. The van der Waals surface area contributed by atoms with Gasteiger partial charge in [0, 0.05) is 25.2 Å².